The SMILES string of the molecule is CCC(CCc1ccccn1)NN. The van der Waals surface area contributed by atoms with Crippen molar-refractivity contribution < 1.29 is 0 Å². The van der Waals surface area contributed by atoms with Gasteiger partial charge in [-0.15, -0.1) is 0 Å². The van der Waals surface area contributed by atoms with Crippen LogP contribution in [-0.4, -0.2) is 11.0 Å². The van der Waals surface area contributed by atoms with Crippen molar-refractivity contribution in [3.8, 4) is 0 Å². The number of hydrogen-bond donors (Lipinski definition) is 2. The minimum atomic E-state index is 0.405. The Labute approximate surface area is 79.3 Å². The van der Waals surface area contributed by atoms with E-state index in [1.54, 1.807) is 0 Å². The summed E-state index contributed by atoms with van der Waals surface area (Å²) < 4.78 is 0. The van der Waals surface area contributed by atoms with E-state index in [0.29, 0.717) is 6.04 Å². The van der Waals surface area contributed by atoms with Crippen molar-refractivity contribution in [1.82, 2.24) is 10.4 Å². The van der Waals surface area contributed by atoms with Gasteiger partial charge >= 0.3 is 0 Å². The molecule has 0 aromatic carbocycles. The lowest BCUT2D eigenvalue weighted by Crippen LogP contribution is -2.34. The third-order valence-corrected chi connectivity index (χ3v) is 2.20. The molecule has 3 heteroatoms. The van der Waals surface area contributed by atoms with Gasteiger partial charge < -0.3 is 0 Å². The Hall–Kier alpha value is -0.930. The number of hydrogen-bond acceptors (Lipinski definition) is 3. The topological polar surface area (TPSA) is 50.9 Å². The van der Waals surface area contributed by atoms with Gasteiger partial charge in [0.1, 0.15) is 0 Å². The fourth-order valence-electron chi connectivity index (χ4n) is 1.27. The van der Waals surface area contributed by atoms with E-state index >= 15 is 0 Å². The Balaban J connectivity index is 2.34. The van der Waals surface area contributed by atoms with E-state index in [9.17, 15) is 0 Å². The van der Waals surface area contributed by atoms with Gasteiger partial charge in [0, 0.05) is 17.9 Å². The van der Waals surface area contributed by atoms with Crippen molar-refractivity contribution in [1.29, 1.82) is 0 Å². The minimum Gasteiger partial charge on any atom is -0.271 e. The lowest BCUT2D eigenvalue weighted by molar-refractivity contribution is 0.479. The molecule has 0 aliphatic carbocycles. The van der Waals surface area contributed by atoms with E-state index in [1.807, 2.05) is 24.4 Å². The highest BCUT2D eigenvalue weighted by Crippen LogP contribution is 2.03. The average Bonchev–Trinajstić information content (AvgIpc) is 2.21. The van der Waals surface area contributed by atoms with Gasteiger partial charge in [0.05, 0.1) is 0 Å². The minimum absolute atomic E-state index is 0.405. The van der Waals surface area contributed by atoms with Gasteiger partial charge in [-0.25, -0.2) is 0 Å². The molecule has 3 nitrogen and oxygen atoms in total. The van der Waals surface area contributed by atoms with Crippen LogP contribution in [0.25, 0.3) is 0 Å². The summed E-state index contributed by atoms with van der Waals surface area (Å²) in [4.78, 5) is 4.25. The quantitative estimate of drug-likeness (QED) is 0.528. The Morgan fingerprint density at radius 1 is 1.54 bits per heavy atom. The molecule has 1 heterocycles. The molecule has 1 aromatic heterocycles. The number of nitrogens with zero attached hydrogens (tertiary/aromatic N) is 1. The molecule has 3 N–H and O–H groups in total. The van der Waals surface area contributed by atoms with Crippen LogP contribution in [0.3, 0.4) is 0 Å². The first-order chi connectivity index (χ1) is 6.36. The molecule has 0 fully saturated rings. The normalized spacial score (nSPS) is 12.8. The average molecular weight is 179 g/mol. The fraction of sp³-hybridized carbons (Fsp3) is 0.500. The largest absolute Gasteiger partial charge is 0.271 e. The first-order valence-corrected chi connectivity index (χ1v) is 4.72. The summed E-state index contributed by atoms with van der Waals surface area (Å²) in [5.74, 6) is 5.38. The predicted molar refractivity (Wildman–Crippen MR) is 54.0 cm³/mol. The number of aromatic nitrogens is 1. The van der Waals surface area contributed by atoms with Crippen LogP contribution in [0.1, 0.15) is 25.5 Å². The number of nitrogens with two attached hydrogens (primary N) is 1. The maximum Gasteiger partial charge on any atom is 0.0404 e. The second-order valence-corrected chi connectivity index (χ2v) is 3.13. The zero-order valence-electron chi connectivity index (χ0n) is 8.03. The Kier molecular flexibility index (Phi) is 4.43. The van der Waals surface area contributed by atoms with Crippen molar-refractivity contribution in [3.05, 3.63) is 30.1 Å². The molecule has 0 spiro atoms. The molecule has 0 saturated carbocycles. The van der Waals surface area contributed by atoms with Crippen LogP contribution in [0, 0.1) is 0 Å². The van der Waals surface area contributed by atoms with Crippen LogP contribution in [0.15, 0.2) is 24.4 Å². The van der Waals surface area contributed by atoms with Crippen LogP contribution in [-0.2, 0) is 6.42 Å². The van der Waals surface area contributed by atoms with Gasteiger partial charge in [-0.2, -0.15) is 0 Å². The van der Waals surface area contributed by atoms with Gasteiger partial charge in [-0.05, 0) is 31.4 Å². The maximum atomic E-state index is 5.38. The Bertz CT molecular complexity index is 219. The van der Waals surface area contributed by atoms with Gasteiger partial charge in [-0.1, -0.05) is 13.0 Å². The van der Waals surface area contributed by atoms with Crippen LogP contribution >= 0.6 is 0 Å². The molecular weight excluding hydrogens is 162 g/mol. The van der Waals surface area contributed by atoms with E-state index in [2.05, 4.69) is 17.3 Å². The first kappa shape index (κ1) is 10.2. The molecule has 1 unspecified atom stereocenters. The third kappa shape index (κ3) is 3.53. The lowest BCUT2D eigenvalue weighted by Gasteiger charge is -2.12. The van der Waals surface area contributed by atoms with Crippen molar-refractivity contribution >= 4 is 0 Å². The summed E-state index contributed by atoms with van der Waals surface area (Å²) in [5, 5.41) is 0. The number of hydrazine groups is 1. The number of aryl methyl sites for hydroxylation is 1. The van der Waals surface area contributed by atoms with E-state index in [4.69, 9.17) is 5.84 Å². The molecule has 1 aromatic rings. The number of rotatable bonds is 5. The van der Waals surface area contributed by atoms with Gasteiger partial charge in [0.2, 0.25) is 0 Å². The molecular formula is C10H17N3. The predicted octanol–water partition coefficient (Wildman–Crippen LogP) is 1.26. The lowest BCUT2D eigenvalue weighted by atomic mass is 10.1. The Morgan fingerprint density at radius 3 is 2.92 bits per heavy atom. The summed E-state index contributed by atoms with van der Waals surface area (Å²) in [5.41, 5.74) is 3.93. The van der Waals surface area contributed by atoms with Crippen LogP contribution in [0.4, 0.5) is 0 Å². The van der Waals surface area contributed by atoms with E-state index < -0.39 is 0 Å². The summed E-state index contributed by atoms with van der Waals surface area (Å²) in [6, 6.07) is 6.40. The molecule has 0 amide bonds. The molecule has 0 aliphatic heterocycles. The van der Waals surface area contributed by atoms with Crippen molar-refractivity contribution in [2.75, 3.05) is 0 Å². The van der Waals surface area contributed by atoms with Crippen molar-refractivity contribution in [2.45, 2.75) is 32.2 Å². The summed E-state index contributed by atoms with van der Waals surface area (Å²) >= 11 is 0. The Morgan fingerprint density at radius 2 is 2.38 bits per heavy atom. The highest BCUT2D eigenvalue weighted by Gasteiger charge is 2.03. The van der Waals surface area contributed by atoms with Gasteiger partial charge in [0.15, 0.2) is 0 Å². The number of nitrogens with one attached hydrogen (secondary N) is 1. The summed E-state index contributed by atoms with van der Waals surface area (Å²) in [6.07, 6.45) is 4.92. The van der Waals surface area contributed by atoms with Gasteiger partial charge in [-0.3, -0.25) is 16.3 Å². The molecule has 1 atom stereocenters. The maximum absolute atomic E-state index is 5.38. The second-order valence-electron chi connectivity index (χ2n) is 3.13. The van der Waals surface area contributed by atoms with E-state index in [0.717, 1.165) is 25.0 Å². The zero-order valence-corrected chi connectivity index (χ0v) is 8.03. The van der Waals surface area contributed by atoms with E-state index in [1.165, 1.54) is 0 Å². The van der Waals surface area contributed by atoms with Crippen LogP contribution in [0.5, 0.6) is 0 Å². The molecule has 1 rings (SSSR count). The fourth-order valence-corrected chi connectivity index (χ4v) is 1.27. The van der Waals surface area contributed by atoms with Crippen molar-refractivity contribution in [2.24, 2.45) is 5.84 Å². The van der Waals surface area contributed by atoms with Crippen molar-refractivity contribution in [3.63, 3.8) is 0 Å². The molecule has 0 radical (unpaired) electrons. The standard InChI is InChI=1S/C10H17N3/c1-2-9(13-11)6-7-10-5-3-4-8-12-10/h3-5,8-9,13H,2,6-7,11H2,1H3. The highest BCUT2D eigenvalue weighted by molar-refractivity contribution is 5.03. The molecule has 72 valence electrons. The molecule has 0 saturated heterocycles. The summed E-state index contributed by atoms with van der Waals surface area (Å²) in [7, 11) is 0. The molecule has 0 aliphatic rings. The second kappa shape index (κ2) is 5.67. The monoisotopic (exact) mass is 179 g/mol. The van der Waals surface area contributed by atoms with E-state index in [-0.39, 0.29) is 0 Å². The van der Waals surface area contributed by atoms with Crippen LogP contribution in [0.2, 0.25) is 0 Å². The third-order valence-electron chi connectivity index (χ3n) is 2.20. The first-order valence-electron chi connectivity index (χ1n) is 4.72. The zero-order chi connectivity index (χ0) is 9.52. The molecule has 0 bridgehead atoms. The van der Waals surface area contributed by atoms with Gasteiger partial charge in [0.25, 0.3) is 0 Å². The highest BCUT2D eigenvalue weighted by atomic mass is 15.2. The van der Waals surface area contributed by atoms with Crippen LogP contribution < -0.4 is 11.3 Å². The number of pyridine rings is 1. The summed E-state index contributed by atoms with van der Waals surface area (Å²) in [6.45, 7) is 2.13. The smallest absolute Gasteiger partial charge is 0.0404 e. The molecule has 13 heavy (non-hydrogen) atoms.